The van der Waals surface area contributed by atoms with Gasteiger partial charge in [0.25, 0.3) is 0 Å². The van der Waals surface area contributed by atoms with Gasteiger partial charge in [0.05, 0.1) is 12.2 Å². The van der Waals surface area contributed by atoms with Crippen molar-refractivity contribution < 1.29 is 14.3 Å². The summed E-state index contributed by atoms with van der Waals surface area (Å²) in [6.45, 7) is 12.9. The number of ether oxygens (including phenoxy) is 2. The third kappa shape index (κ3) is 5.83. The van der Waals surface area contributed by atoms with E-state index in [0.717, 1.165) is 12.8 Å². The molecule has 1 fully saturated rings. The van der Waals surface area contributed by atoms with E-state index in [-0.39, 0.29) is 11.7 Å². The molecule has 1 amide bonds. The summed E-state index contributed by atoms with van der Waals surface area (Å²) in [4.78, 5) is 13.6. The van der Waals surface area contributed by atoms with E-state index in [0.29, 0.717) is 24.7 Å². The van der Waals surface area contributed by atoms with E-state index in [2.05, 4.69) is 6.58 Å². The third-order valence-electron chi connectivity index (χ3n) is 3.05. The Morgan fingerprint density at radius 2 is 1.89 bits per heavy atom. The maximum Gasteiger partial charge on any atom is 0.410 e. The number of nitrogens with zero attached hydrogens (tertiary/aromatic N) is 1. The molecule has 0 aromatic carbocycles. The molecule has 19 heavy (non-hydrogen) atoms. The summed E-state index contributed by atoms with van der Waals surface area (Å²) in [6, 6.07) is 0. The van der Waals surface area contributed by atoms with Crippen LogP contribution in [-0.4, -0.2) is 41.9 Å². The van der Waals surface area contributed by atoms with Gasteiger partial charge >= 0.3 is 6.09 Å². The number of amides is 1. The zero-order chi connectivity index (χ0) is 14.7. The first-order chi connectivity index (χ1) is 8.61. The van der Waals surface area contributed by atoms with Crippen molar-refractivity contribution in [3.8, 4) is 0 Å². The quantitative estimate of drug-likeness (QED) is 0.797. The highest BCUT2D eigenvalue weighted by molar-refractivity contribution is 6.29. The Balaban J connectivity index is 2.44. The number of hydrogen-bond donors (Lipinski definition) is 0. The predicted molar refractivity (Wildman–Crippen MR) is 76.4 cm³/mol. The summed E-state index contributed by atoms with van der Waals surface area (Å²) in [7, 11) is 0. The Bertz CT molecular complexity index is 341. The summed E-state index contributed by atoms with van der Waals surface area (Å²) in [5.41, 5.74) is -0.693. The minimum absolute atomic E-state index is 0.240. The van der Waals surface area contributed by atoms with Crippen molar-refractivity contribution in [2.24, 2.45) is 0 Å². The smallest absolute Gasteiger partial charge is 0.410 e. The summed E-state index contributed by atoms with van der Waals surface area (Å²) in [6.07, 6.45) is 1.30. The normalized spacial score (nSPS) is 19.1. The Hall–Kier alpha value is -0.740. The van der Waals surface area contributed by atoms with E-state index < -0.39 is 5.60 Å². The average Bonchev–Trinajstić information content (AvgIpc) is 2.25. The second-order valence-corrected chi connectivity index (χ2v) is 6.76. The van der Waals surface area contributed by atoms with Crippen LogP contribution in [0.1, 0.15) is 40.5 Å². The monoisotopic (exact) mass is 289 g/mol. The number of rotatable bonds is 3. The molecule has 0 radical (unpaired) electrons. The van der Waals surface area contributed by atoms with Crippen LogP contribution in [0.2, 0.25) is 0 Å². The zero-order valence-corrected chi connectivity index (χ0v) is 13.0. The number of piperidine rings is 1. The van der Waals surface area contributed by atoms with Crippen molar-refractivity contribution in [1.82, 2.24) is 4.90 Å². The van der Waals surface area contributed by atoms with Crippen LogP contribution in [0.4, 0.5) is 4.79 Å². The van der Waals surface area contributed by atoms with E-state index in [1.165, 1.54) is 0 Å². The van der Waals surface area contributed by atoms with E-state index in [1.807, 2.05) is 27.7 Å². The van der Waals surface area contributed by atoms with Crippen LogP contribution in [0, 0.1) is 0 Å². The molecular weight excluding hydrogens is 266 g/mol. The molecule has 1 aliphatic heterocycles. The molecule has 0 saturated carbocycles. The molecule has 1 rings (SSSR count). The van der Waals surface area contributed by atoms with Crippen molar-refractivity contribution in [2.75, 3.05) is 19.7 Å². The van der Waals surface area contributed by atoms with Crippen LogP contribution < -0.4 is 0 Å². The first-order valence-corrected chi connectivity index (χ1v) is 6.94. The summed E-state index contributed by atoms with van der Waals surface area (Å²) in [5, 5.41) is 0.496. The molecule has 0 spiro atoms. The SMILES string of the molecule is C=C(Cl)COC1(C)CCN(C(=O)OC(C)(C)C)CC1. The van der Waals surface area contributed by atoms with Gasteiger partial charge in [0.15, 0.2) is 0 Å². The maximum atomic E-state index is 11.9. The van der Waals surface area contributed by atoms with Gasteiger partial charge in [-0.15, -0.1) is 0 Å². The lowest BCUT2D eigenvalue weighted by atomic mass is 9.93. The topological polar surface area (TPSA) is 38.8 Å². The molecular formula is C14H24ClNO3. The summed E-state index contributed by atoms with van der Waals surface area (Å²) in [5.74, 6) is 0. The lowest BCUT2D eigenvalue weighted by molar-refractivity contribution is -0.0627. The third-order valence-corrected chi connectivity index (χ3v) is 3.16. The molecule has 1 heterocycles. The second kappa shape index (κ2) is 6.14. The van der Waals surface area contributed by atoms with Crippen LogP contribution >= 0.6 is 11.6 Å². The lowest BCUT2D eigenvalue weighted by Crippen LogP contribution is -2.48. The van der Waals surface area contributed by atoms with Crippen molar-refractivity contribution in [2.45, 2.75) is 51.7 Å². The fourth-order valence-corrected chi connectivity index (χ4v) is 1.94. The van der Waals surface area contributed by atoms with E-state index in [9.17, 15) is 4.79 Å². The number of halogens is 1. The minimum atomic E-state index is -0.454. The highest BCUT2D eigenvalue weighted by Gasteiger charge is 2.34. The molecule has 0 N–H and O–H groups in total. The Kier molecular flexibility index (Phi) is 5.27. The first-order valence-electron chi connectivity index (χ1n) is 6.56. The Morgan fingerprint density at radius 3 is 2.32 bits per heavy atom. The van der Waals surface area contributed by atoms with Gasteiger partial charge in [-0.05, 0) is 40.5 Å². The van der Waals surface area contributed by atoms with Crippen LogP contribution in [0.5, 0.6) is 0 Å². The van der Waals surface area contributed by atoms with Crippen molar-refractivity contribution in [1.29, 1.82) is 0 Å². The molecule has 1 aliphatic rings. The van der Waals surface area contributed by atoms with Crippen molar-refractivity contribution >= 4 is 17.7 Å². The van der Waals surface area contributed by atoms with Crippen molar-refractivity contribution in [3.63, 3.8) is 0 Å². The van der Waals surface area contributed by atoms with Crippen molar-refractivity contribution in [3.05, 3.63) is 11.6 Å². The van der Waals surface area contributed by atoms with E-state index >= 15 is 0 Å². The van der Waals surface area contributed by atoms with Gasteiger partial charge in [-0.2, -0.15) is 0 Å². The largest absolute Gasteiger partial charge is 0.444 e. The molecule has 0 unspecified atom stereocenters. The maximum absolute atomic E-state index is 11.9. The first kappa shape index (κ1) is 16.3. The number of carbonyl (C=O) groups excluding carboxylic acids is 1. The fourth-order valence-electron chi connectivity index (χ4n) is 1.89. The van der Waals surface area contributed by atoms with E-state index in [1.54, 1.807) is 4.90 Å². The van der Waals surface area contributed by atoms with Gasteiger partial charge in [0.2, 0.25) is 0 Å². The standard InChI is InChI=1S/C14H24ClNO3/c1-11(15)10-18-14(5)6-8-16(9-7-14)12(17)19-13(2,3)4/h1,6-10H2,2-5H3. The number of hydrogen-bond acceptors (Lipinski definition) is 3. The second-order valence-electron chi connectivity index (χ2n) is 6.22. The summed E-state index contributed by atoms with van der Waals surface area (Å²) < 4.78 is 11.1. The predicted octanol–water partition coefficient (Wildman–Crippen LogP) is 3.55. The molecule has 0 bridgehead atoms. The van der Waals surface area contributed by atoms with Gasteiger partial charge < -0.3 is 14.4 Å². The van der Waals surface area contributed by atoms with Gasteiger partial charge in [0.1, 0.15) is 5.60 Å². The van der Waals surface area contributed by atoms with Crippen LogP contribution in [0.25, 0.3) is 0 Å². The molecule has 5 heteroatoms. The number of carbonyl (C=O) groups is 1. The molecule has 0 aromatic heterocycles. The lowest BCUT2D eigenvalue weighted by Gasteiger charge is -2.39. The molecule has 110 valence electrons. The average molecular weight is 290 g/mol. The van der Waals surface area contributed by atoms with Crippen LogP contribution in [0.3, 0.4) is 0 Å². The van der Waals surface area contributed by atoms with Crippen LogP contribution in [0.15, 0.2) is 11.6 Å². The Labute approximate surface area is 120 Å². The summed E-state index contributed by atoms with van der Waals surface area (Å²) >= 11 is 5.71. The molecule has 0 aromatic rings. The van der Waals surface area contributed by atoms with Crippen LogP contribution in [-0.2, 0) is 9.47 Å². The van der Waals surface area contributed by atoms with Gasteiger partial charge in [-0.25, -0.2) is 4.79 Å². The molecule has 0 atom stereocenters. The number of likely N-dealkylation sites (tertiary alicyclic amines) is 1. The van der Waals surface area contributed by atoms with E-state index in [4.69, 9.17) is 21.1 Å². The molecule has 1 saturated heterocycles. The van der Waals surface area contributed by atoms with Gasteiger partial charge in [-0.1, -0.05) is 18.2 Å². The minimum Gasteiger partial charge on any atom is -0.444 e. The molecule has 4 nitrogen and oxygen atoms in total. The van der Waals surface area contributed by atoms with Gasteiger partial charge in [0, 0.05) is 18.1 Å². The molecule has 0 aliphatic carbocycles. The highest BCUT2D eigenvalue weighted by Crippen LogP contribution is 2.27. The fraction of sp³-hybridized carbons (Fsp3) is 0.786. The zero-order valence-electron chi connectivity index (χ0n) is 12.3. The highest BCUT2D eigenvalue weighted by atomic mass is 35.5. The van der Waals surface area contributed by atoms with Gasteiger partial charge in [-0.3, -0.25) is 0 Å². The Morgan fingerprint density at radius 1 is 1.37 bits per heavy atom.